The molecule has 0 saturated heterocycles. The summed E-state index contributed by atoms with van der Waals surface area (Å²) in [6.07, 6.45) is 0. The number of para-hydroxylation sites is 2. The predicted molar refractivity (Wildman–Crippen MR) is 98.7 cm³/mol. The normalized spacial score (nSPS) is 16.0. The maximum atomic E-state index is 6.22. The van der Waals surface area contributed by atoms with Crippen LogP contribution in [0.1, 0.15) is 5.56 Å². The second kappa shape index (κ2) is 7.25. The van der Waals surface area contributed by atoms with Crippen molar-refractivity contribution in [3.63, 3.8) is 0 Å². The molecule has 0 saturated carbocycles. The molecule has 0 radical (unpaired) electrons. The van der Waals surface area contributed by atoms with Crippen molar-refractivity contribution in [1.29, 1.82) is 0 Å². The predicted octanol–water partition coefficient (Wildman–Crippen LogP) is 4.73. The molecule has 1 aliphatic heterocycles. The molecule has 118 valence electrons. The van der Waals surface area contributed by atoms with Gasteiger partial charge in [0.1, 0.15) is 11.4 Å². The third kappa shape index (κ3) is 3.80. The minimum Gasteiger partial charge on any atom is -0.494 e. The Hall–Kier alpha value is -1.69. The lowest BCUT2D eigenvalue weighted by Crippen LogP contribution is -2.25. The van der Waals surface area contributed by atoms with Crippen LogP contribution in [0.3, 0.4) is 0 Å². The maximum absolute atomic E-state index is 6.22. The second-order valence-corrected chi connectivity index (χ2v) is 6.48. The molecule has 1 aliphatic rings. The topological polar surface area (TPSA) is 46.0 Å². The van der Waals surface area contributed by atoms with Crippen LogP contribution >= 0.6 is 35.0 Å². The first-order chi connectivity index (χ1) is 11.2. The Morgan fingerprint density at radius 2 is 2.04 bits per heavy atom. The molecule has 4 nitrogen and oxygen atoms in total. The molecule has 3 rings (SSSR count). The van der Waals surface area contributed by atoms with Gasteiger partial charge in [-0.25, -0.2) is 4.99 Å². The molecule has 0 aromatic heterocycles. The van der Waals surface area contributed by atoms with Gasteiger partial charge in [-0.15, -0.1) is 0 Å². The van der Waals surface area contributed by atoms with Gasteiger partial charge in [-0.05, 0) is 24.3 Å². The van der Waals surface area contributed by atoms with Crippen LogP contribution in [0.4, 0.5) is 5.69 Å². The zero-order valence-corrected chi connectivity index (χ0v) is 14.5. The molecule has 1 N–H and O–H groups in total. The summed E-state index contributed by atoms with van der Waals surface area (Å²) in [7, 11) is 1.62. The molecule has 2 aromatic rings. The third-order valence-corrected chi connectivity index (χ3v) is 4.60. The minimum absolute atomic E-state index is 0.587. The highest BCUT2D eigenvalue weighted by atomic mass is 35.5. The summed E-state index contributed by atoms with van der Waals surface area (Å²) in [6.45, 7) is 0. The number of nitrogens with one attached hydrogen (secondary N) is 1. The minimum atomic E-state index is 0.587. The van der Waals surface area contributed by atoms with Gasteiger partial charge in [0.15, 0.2) is 5.17 Å². The van der Waals surface area contributed by atoms with E-state index in [1.807, 2.05) is 30.3 Å². The van der Waals surface area contributed by atoms with Crippen LogP contribution in [0, 0.1) is 0 Å². The zero-order chi connectivity index (χ0) is 16.2. The number of rotatable bonds is 3. The number of halogens is 2. The van der Waals surface area contributed by atoms with E-state index in [1.54, 1.807) is 31.0 Å². The van der Waals surface area contributed by atoms with Gasteiger partial charge in [0.2, 0.25) is 0 Å². The lowest BCUT2D eigenvalue weighted by Gasteiger charge is -2.16. The molecule has 0 atom stereocenters. The number of methoxy groups -OCH3 is 1. The Kier molecular flexibility index (Phi) is 5.10. The SMILES string of the molecule is COc1ccccc1N=C1NN=C(c2ccc(Cl)cc2Cl)CS1. The molecular weight excluding hydrogens is 353 g/mol. The summed E-state index contributed by atoms with van der Waals surface area (Å²) >= 11 is 13.7. The van der Waals surface area contributed by atoms with E-state index in [0.717, 1.165) is 22.7 Å². The average Bonchev–Trinajstić information content (AvgIpc) is 2.56. The Labute approximate surface area is 148 Å². The molecule has 0 unspecified atom stereocenters. The molecule has 1 heterocycles. The highest BCUT2D eigenvalue weighted by Crippen LogP contribution is 2.29. The van der Waals surface area contributed by atoms with E-state index in [9.17, 15) is 0 Å². The van der Waals surface area contributed by atoms with Gasteiger partial charge >= 0.3 is 0 Å². The van der Waals surface area contributed by atoms with E-state index in [2.05, 4.69) is 15.5 Å². The average molecular weight is 366 g/mol. The zero-order valence-electron chi connectivity index (χ0n) is 12.2. The first-order valence-electron chi connectivity index (χ1n) is 6.80. The van der Waals surface area contributed by atoms with E-state index in [1.165, 1.54) is 0 Å². The maximum Gasteiger partial charge on any atom is 0.182 e. The monoisotopic (exact) mass is 365 g/mol. The summed E-state index contributed by atoms with van der Waals surface area (Å²) in [6, 6.07) is 13.0. The molecule has 0 amide bonds. The van der Waals surface area contributed by atoms with Crippen molar-refractivity contribution in [3.05, 3.63) is 58.1 Å². The summed E-state index contributed by atoms with van der Waals surface area (Å²) in [4.78, 5) is 4.54. The lowest BCUT2D eigenvalue weighted by molar-refractivity contribution is 0.416. The third-order valence-electron chi connectivity index (χ3n) is 3.18. The summed E-state index contributed by atoms with van der Waals surface area (Å²) in [5, 5.41) is 6.27. The van der Waals surface area contributed by atoms with Gasteiger partial charge in [-0.1, -0.05) is 53.2 Å². The fourth-order valence-electron chi connectivity index (χ4n) is 2.07. The number of hydrogen-bond donors (Lipinski definition) is 1. The van der Waals surface area contributed by atoms with E-state index in [0.29, 0.717) is 21.0 Å². The fourth-order valence-corrected chi connectivity index (χ4v) is 3.35. The van der Waals surface area contributed by atoms with Crippen LogP contribution in [0.25, 0.3) is 0 Å². The van der Waals surface area contributed by atoms with Crippen molar-refractivity contribution < 1.29 is 4.74 Å². The Morgan fingerprint density at radius 1 is 1.22 bits per heavy atom. The quantitative estimate of drug-likeness (QED) is 0.854. The van der Waals surface area contributed by atoms with Crippen LogP contribution in [-0.4, -0.2) is 23.7 Å². The van der Waals surface area contributed by atoms with Crippen LogP contribution in [0.5, 0.6) is 5.75 Å². The Bertz CT molecular complexity index is 793. The largest absolute Gasteiger partial charge is 0.494 e. The molecule has 0 spiro atoms. The number of benzene rings is 2. The van der Waals surface area contributed by atoms with Crippen LogP contribution < -0.4 is 10.2 Å². The number of amidine groups is 1. The van der Waals surface area contributed by atoms with Gasteiger partial charge in [-0.2, -0.15) is 5.10 Å². The fraction of sp³-hybridized carbons (Fsp3) is 0.125. The molecule has 0 fully saturated rings. The molecule has 23 heavy (non-hydrogen) atoms. The number of hydrogen-bond acceptors (Lipinski definition) is 4. The van der Waals surface area contributed by atoms with Crippen LogP contribution in [0.15, 0.2) is 52.6 Å². The van der Waals surface area contributed by atoms with Crippen molar-refractivity contribution in [2.24, 2.45) is 10.1 Å². The first-order valence-corrected chi connectivity index (χ1v) is 8.54. The molecule has 0 aliphatic carbocycles. The summed E-state index contributed by atoms with van der Waals surface area (Å²) in [5.41, 5.74) is 5.45. The highest BCUT2D eigenvalue weighted by molar-refractivity contribution is 8.14. The van der Waals surface area contributed by atoms with Crippen LogP contribution in [0.2, 0.25) is 10.0 Å². The number of hydrazone groups is 1. The van der Waals surface area contributed by atoms with Gasteiger partial charge in [0.05, 0.1) is 17.8 Å². The summed E-state index contributed by atoms with van der Waals surface area (Å²) in [5.74, 6) is 1.39. The number of ether oxygens (including phenoxy) is 1. The molecule has 2 aromatic carbocycles. The van der Waals surface area contributed by atoms with E-state index < -0.39 is 0 Å². The molecule has 7 heteroatoms. The van der Waals surface area contributed by atoms with E-state index in [-0.39, 0.29) is 0 Å². The Balaban J connectivity index is 1.81. The molecule has 0 bridgehead atoms. The highest BCUT2D eigenvalue weighted by Gasteiger charge is 2.16. The van der Waals surface area contributed by atoms with E-state index >= 15 is 0 Å². The Morgan fingerprint density at radius 3 is 2.74 bits per heavy atom. The van der Waals surface area contributed by atoms with Crippen molar-refractivity contribution in [2.45, 2.75) is 0 Å². The van der Waals surface area contributed by atoms with Gasteiger partial charge in [0, 0.05) is 16.3 Å². The second-order valence-electron chi connectivity index (χ2n) is 4.67. The van der Waals surface area contributed by atoms with Gasteiger partial charge in [0.25, 0.3) is 0 Å². The number of nitrogens with zero attached hydrogens (tertiary/aromatic N) is 2. The van der Waals surface area contributed by atoms with Crippen molar-refractivity contribution in [3.8, 4) is 5.75 Å². The molecular formula is C16H13Cl2N3OS. The standard InChI is InChI=1S/C16H13Cl2N3OS/c1-22-15-5-3-2-4-13(15)19-16-21-20-14(9-23-16)11-7-6-10(17)8-12(11)18/h2-8H,9H2,1H3,(H,19,21). The van der Waals surface area contributed by atoms with Crippen molar-refractivity contribution in [2.75, 3.05) is 12.9 Å². The van der Waals surface area contributed by atoms with Crippen molar-refractivity contribution in [1.82, 2.24) is 5.43 Å². The number of aliphatic imine (C=N–C) groups is 1. The van der Waals surface area contributed by atoms with Crippen molar-refractivity contribution >= 4 is 51.5 Å². The van der Waals surface area contributed by atoms with Gasteiger partial charge in [-0.3, -0.25) is 5.43 Å². The van der Waals surface area contributed by atoms with E-state index in [4.69, 9.17) is 27.9 Å². The first kappa shape index (κ1) is 16.2. The number of thioether (sulfide) groups is 1. The van der Waals surface area contributed by atoms with Crippen LogP contribution in [-0.2, 0) is 0 Å². The van der Waals surface area contributed by atoms with Gasteiger partial charge < -0.3 is 4.74 Å². The summed E-state index contributed by atoms with van der Waals surface area (Å²) < 4.78 is 5.29. The lowest BCUT2D eigenvalue weighted by atomic mass is 10.1. The smallest absolute Gasteiger partial charge is 0.182 e.